The zero-order chi connectivity index (χ0) is 36.3. The molecule has 1 aliphatic carbocycles. The van der Waals surface area contributed by atoms with Crippen molar-refractivity contribution in [2.75, 3.05) is 18.5 Å². The summed E-state index contributed by atoms with van der Waals surface area (Å²) in [5, 5.41) is 2.56. The lowest BCUT2D eigenvalue weighted by atomic mass is 9.83. The summed E-state index contributed by atoms with van der Waals surface area (Å²) < 4.78 is 2.37. The number of fused-ring (bicyclic) bond motifs is 6. The van der Waals surface area contributed by atoms with Crippen LogP contribution in [0.3, 0.4) is 0 Å². The Labute approximate surface area is 316 Å². The second-order valence-corrected chi connectivity index (χ2v) is 14.8. The molecule has 6 aromatic carbocycles. The summed E-state index contributed by atoms with van der Waals surface area (Å²) in [6, 6.07) is 49.5. The van der Waals surface area contributed by atoms with Crippen molar-refractivity contribution in [2.45, 2.75) is 26.7 Å². The van der Waals surface area contributed by atoms with Crippen molar-refractivity contribution in [3.63, 3.8) is 0 Å². The molecule has 0 atom stereocenters. The minimum atomic E-state index is 0.719. The van der Waals surface area contributed by atoms with Gasteiger partial charge in [-0.3, -0.25) is 9.56 Å². The van der Waals surface area contributed by atoms with E-state index in [-0.39, 0.29) is 0 Å². The van der Waals surface area contributed by atoms with E-state index in [4.69, 9.17) is 4.99 Å². The molecule has 10 rings (SSSR count). The monoisotopic (exact) mass is 696 g/mol. The number of anilines is 2. The van der Waals surface area contributed by atoms with Crippen LogP contribution in [0.25, 0.3) is 66.3 Å². The van der Waals surface area contributed by atoms with Crippen LogP contribution in [0.4, 0.5) is 11.5 Å². The van der Waals surface area contributed by atoms with E-state index in [2.05, 4.69) is 169 Å². The zero-order valence-electron chi connectivity index (χ0n) is 30.8. The minimum Gasteiger partial charge on any atom is -0.329 e. The molecule has 4 heteroatoms. The van der Waals surface area contributed by atoms with Crippen LogP contribution in [0.15, 0.2) is 157 Å². The van der Waals surface area contributed by atoms with E-state index in [9.17, 15) is 0 Å². The van der Waals surface area contributed by atoms with Crippen LogP contribution in [0.2, 0.25) is 0 Å². The predicted molar refractivity (Wildman–Crippen MR) is 227 cm³/mol. The standard InChI is InChI=1S/C50H40N4/c1-32-9-13-34(14-10-32)36-20-23-46(53(3)49-7-4-5-25-51-49)43(28-36)39-19-22-41-38(27-39)17-18-40-30-45-44-29-37(35-15-11-33(2)12-16-35)21-24-47(44)54(48(45)31-42(40)41)50-8-6-26-52-50/h4-16,19-25,27-31H,17-18,26H2,1-3H3. The number of rotatable bonds is 5. The van der Waals surface area contributed by atoms with Gasteiger partial charge in [-0.15, -0.1) is 0 Å². The lowest BCUT2D eigenvalue weighted by Crippen LogP contribution is -2.12. The number of hydrogen-bond donors (Lipinski definition) is 0. The van der Waals surface area contributed by atoms with Gasteiger partial charge < -0.3 is 4.90 Å². The number of allylic oxidation sites excluding steroid dienone is 1. The molecular formula is C50H40N4. The summed E-state index contributed by atoms with van der Waals surface area (Å²) in [6.45, 7) is 5.00. The molecule has 2 aliphatic rings. The molecule has 8 aromatic rings. The van der Waals surface area contributed by atoms with Crippen molar-refractivity contribution >= 4 is 39.1 Å². The number of benzene rings is 6. The van der Waals surface area contributed by atoms with Gasteiger partial charge in [-0.05, 0) is 131 Å². The van der Waals surface area contributed by atoms with Crippen molar-refractivity contribution in [3.05, 3.63) is 174 Å². The molecule has 260 valence electrons. The van der Waals surface area contributed by atoms with Crippen LogP contribution in [0.5, 0.6) is 0 Å². The first-order valence-electron chi connectivity index (χ1n) is 18.9. The van der Waals surface area contributed by atoms with Crippen molar-refractivity contribution in [1.29, 1.82) is 0 Å². The van der Waals surface area contributed by atoms with E-state index in [1.807, 2.05) is 18.3 Å². The van der Waals surface area contributed by atoms with Gasteiger partial charge in [0.05, 0.1) is 17.6 Å². The van der Waals surface area contributed by atoms with Crippen LogP contribution in [0.1, 0.15) is 22.3 Å². The van der Waals surface area contributed by atoms with Gasteiger partial charge >= 0.3 is 0 Å². The van der Waals surface area contributed by atoms with Crippen LogP contribution >= 0.6 is 0 Å². The fraction of sp³-hybridized carbons (Fsp3) is 0.120. The van der Waals surface area contributed by atoms with Crippen molar-refractivity contribution in [2.24, 2.45) is 4.99 Å². The van der Waals surface area contributed by atoms with Crippen LogP contribution in [-0.2, 0) is 12.8 Å². The molecular weight excluding hydrogens is 657 g/mol. The maximum Gasteiger partial charge on any atom is 0.132 e. The third-order valence-corrected chi connectivity index (χ3v) is 11.3. The van der Waals surface area contributed by atoms with Gasteiger partial charge in [0, 0.05) is 35.3 Å². The van der Waals surface area contributed by atoms with E-state index in [0.717, 1.165) is 36.7 Å². The highest BCUT2D eigenvalue weighted by Crippen LogP contribution is 2.44. The smallest absolute Gasteiger partial charge is 0.132 e. The second kappa shape index (κ2) is 12.9. The SMILES string of the molecule is Cc1ccc(-c2ccc(N(C)c3ccccn3)c(-c3ccc4c(c3)CCc3cc5c6cc(-c7ccc(C)cc7)ccc6n(C6=NCC=C6)c5cc3-4)c2)cc1. The Bertz CT molecular complexity index is 2800. The molecule has 2 aromatic heterocycles. The predicted octanol–water partition coefficient (Wildman–Crippen LogP) is 12.2. The fourth-order valence-electron chi connectivity index (χ4n) is 8.40. The fourth-order valence-corrected chi connectivity index (χ4v) is 8.40. The number of aryl methyl sites for hydroxylation is 4. The molecule has 0 radical (unpaired) electrons. The molecule has 0 N–H and O–H groups in total. The first-order valence-corrected chi connectivity index (χ1v) is 18.9. The average Bonchev–Trinajstić information content (AvgIpc) is 3.86. The van der Waals surface area contributed by atoms with Crippen LogP contribution < -0.4 is 4.90 Å². The first kappa shape index (κ1) is 32.2. The maximum atomic E-state index is 4.91. The summed E-state index contributed by atoms with van der Waals surface area (Å²) in [6.07, 6.45) is 8.16. The molecule has 1 aliphatic heterocycles. The number of pyridine rings is 1. The van der Waals surface area contributed by atoms with Crippen molar-refractivity contribution < 1.29 is 0 Å². The average molecular weight is 697 g/mol. The van der Waals surface area contributed by atoms with Gasteiger partial charge in [0.25, 0.3) is 0 Å². The summed E-state index contributed by atoms with van der Waals surface area (Å²) >= 11 is 0. The molecule has 0 unspecified atom stereocenters. The number of nitrogens with zero attached hydrogens (tertiary/aromatic N) is 4. The Morgan fingerprint density at radius 1 is 0.556 bits per heavy atom. The van der Waals surface area contributed by atoms with Gasteiger partial charge in [-0.25, -0.2) is 4.98 Å². The second-order valence-electron chi connectivity index (χ2n) is 14.8. The van der Waals surface area contributed by atoms with E-state index in [0.29, 0.717) is 0 Å². The molecule has 0 amide bonds. The van der Waals surface area contributed by atoms with Gasteiger partial charge in [-0.1, -0.05) is 102 Å². The molecule has 0 spiro atoms. The third kappa shape index (κ3) is 5.45. The highest BCUT2D eigenvalue weighted by molar-refractivity contribution is 6.18. The quantitative estimate of drug-likeness (QED) is 0.179. The molecule has 54 heavy (non-hydrogen) atoms. The van der Waals surface area contributed by atoms with E-state index in [1.165, 1.54) is 88.6 Å². The van der Waals surface area contributed by atoms with Crippen molar-refractivity contribution in [3.8, 4) is 44.5 Å². The Balaban J connectivity index is 1.12. The maximum absolute atomic E-state index is 4.91. The number of aromatic nitrogens is 2. The molecule has 0 bridgehead atoms. The summed E-state index contributed by atoms with van der Waals surface area (Å²) in [4.78, 5) is 11.8. The van der Waals surface area contributed by atoms with E-state index >= 15 is 0 Å². The topological polar surface area (TPSA) is 33.4 Å². The summed E-state index contributed by atoms with van der Waals surface area (Å²) in [7, 11) is 2.11. The highest BCUT2D eigenvalue weighted by Gasteiger charge is 2.23. The summed E-state index contributed by atoms with van der Waals surface area (Å²) in [5.74, 6) is 1.92. The molecule has 0 fully saturated rings. The van der Waals surface area contributed by atoms with E-state index < -0.39 is 0 Å². The third-order valence-electron chi connectivity index (χ3n) is 11.3. The lowest BCUT2D eigenvalue weighted by Gasteiger charge is -2.25. The molecule has 0 saturated heterocycles. The van der Waals surface area contributed by atoms with Gasteiger partial charge in [0.1, 0.15) is 11.7 Å². The van der Waals surface area contributed by atoms with Crippen LogP contribution in [0, 0.1) is 13.8 Å². The molecule has 3 heterocycles. The van der Waals surface area contributed by atoms with Gasteiger partial charge in [-0.2, -0.15) is 0 Å². The Morgan fingerprint density at radius 2 is 1.22 bits per heavy atom. The lowest BCUT2D eigenvalue weighted by molar-refractivity contribution is 0.944. The first-order chi connectivity index (χ1) is 26.5. The van der Waals surface area contributed by atoms with Gasteiger partial charge in [0.2, 0.25) is 0 Å². The Hall–Kier alpha value is -6.52. The van der Waals surface area contributed by atoms with Crippen LogP contribution in [-0.4, -0.2) is 29.0 Å². The minimum absolute atomic E-state index is 0.719. The number of hydrogen-bond acceptors (Lipinski definition) is 3. The zero-order valence-corrected chi connectivity index (χ0v) is 30.8. The van der Waals surface area contributed by atoms with E-state index in [1.54, 1.807) is 0 Å². The number of aliphatic imine (C=N–C) groups is 1. The Morgan fingerprint density at radius 3 is 1.93 bits per heavy atom. The molecule has 0 saturated carbocycles. The largest absolute Gasteiger partial charge is 0.329 e. The van der Waals surface area contributed by atoms with Crippen molar-refractivity contribution in [1.82, 2.24) is 9.55 Å². The molecule has 4 nitrogen and oxygen atoms in total. The Kier molecular flexibility index (Phi) is 7.65. The highest BCUT2D eigenvalue weighted by atomic mass is 15.2. The van der Waals surface area contributed by atoms with Gasteiger partial charge in [0.15, 0.2) is 0 Å². The summed E-state index contributed by atoms with van der Waals surface area (Å²) in [5.41, 5.74) is 18.8. The normalized spacial score (nSPS) is 13.3.